The number of piperazine rings is 1. The molecule has 7 heteroatoms. The highest BCUT2D eigenvalue weighted by atomic mass is 16.5. The topological polar surface area (TPSA) is 75.4 Å². The second kappa shape index (κ2) is 6.98. The molecule has 24 heavy (non-hydrogen) atoms. The molecule has 0 radical (unpaired) electrons. The van der Waals surface area contributed by atoms with Gasteiger partial charge in [-0.05, 0) is 12.1 Å². The Balaban J connectivity index is 1.63. The van der Waals surface area contributed by atoms with Gasteiger partial charge in [-0.2, -0.15) is 4.98 Å². The van der Waals surface area contributed by atoms with Crippen molar-refractivity contribution in [2.75, 3.05) is 31.1 Å². The fraction of sp³-hybridized carbons (Fsp3) is 0.529. The molecule has 7 nitrogen and oxygen atoms in total. The molecule has 0 unspecified atom stereocenters. The van der Waals surface area contributed by atoms with Crippen LogP contribution >= 0.6 is 0 Å². The first-order valence-corrected chi connectivity index (χ1v) is 8.41. The minimum absolute atomic E-state index is 0.0527. The molecule has 1 amide bonds. The Morgan fingerprint density at radius 2 is 2.00 bits per heavy atom. The first kappa shape index (κ1) is 16.4. The van der Waals surface area contributed by atoms with Crippen molar-refractivity contribution in [3.8, 4) is 11.4 Å². The summed E-state index contributed by atoms with van der Waals surface area (Å²) in [5.41, 5.74) is 0.843. The molecule has 1 fully saturated rings. The van der Waals surface area contributed by atoms with E-state index in [1.54, 1.807) is 6.20 Å². The lowest BCUT2D eigenvalue weighted by atomic mass is 10.1. The van der Waals surface area contributed by atoms with Gasteiger partial charge in [0.2, 0.25) is 17.6 Å². The molecule has 0 atom stereocenters. The number of amides is 1. The molecule has 3 rings (SSSR count). The Morgan fingerprint density at radius 1 is 1.25 bits per heavy atom. The molecule has 0 spiro atoms. The van der Waals surface area contributed by atoms with Crippen molar-refractivity contribution < 1.29 is 9.32 Å². The summed E-state index contributed by atoms with van der Waals surface area (Å²) in [5, 5.41) is 3.96. The molecule has 0 aliphatic carbocycles. The van der Waals surface area contributed by atoms with Crippen LogP contribution in [0.1, 0.15) is 26.7 Å². The summed E-state index contributed by atoms with van der Waals surface area (Å²) >= 11 is 0. The molecule has 128 valence electrons. The molecule has 1 aliphatic heterocycles. The standard InChI is InChI=1S/C17H23N5O2/c1-4-15-19-16(20-24-15)13-5-6-14(18-11-13)21-7-9-22(10-8-21)17(23)12(2)3/h5-6,11-12H,4,7-10H2,1-3H3. The van der Waals surface area contributed by atoms with Crippen LogP contribution in [0.25, 0.3) is 11.4 Å². The van der Waals surface area contributed by atoms with E-state index in [-0.39, 0.29) is 11.8 Å². The van der Waals surface area contributed by atoms with Gasteiger partial charge in [-0.1, -0.05) is 25.9 Å². The first-order chi connectivity index (χ1) is 11.6. The summed E-state index contributed by atoms with van der Waals surface area (Å²) in [6, 6.07) is 3.93. The summed E-state index contributed by atoms with van der Waals surface area (Å²) in [7, 11) is 0. The number of hydrogen-bond acceptors (Lipinski definition) is 6. The lowest BCUT2D eigenvalue weighted by Crippen LogP contribution is -2.50. The lowest BCUT2D eigenvalue weighted by Gasteiger charge is -2.36. The largest absolute Gasteiger partial charge is 0.353 e. The van der Waals surface area contributed by atoms with Crippen molar-refractivity contribution in [2.24, 2.45) is 5.92 Å². The normalized spacial score (nSPS) is 15.2. The number of carbonyl (C=O) groups excluding carboxylic acids is 1. The van der Waals surface area contributed by atoms with Crippen molar-refractivity contribution in [1.82, 2.24) is 20.0 Å². The van der Waals surface area contributed by atoms with Crippen LogP contribution in [0.15, 0.2) is 22.9 Å². The van der Waals surface area contributed by atoms with Crippen LogP contribution in [0.3, 0.4) is 0 Å². The van der Waals surface area contributed by atoms with Gasteiger partial charge >= 0.3 is 0 Å². The second-order valence-corrected chi connectivity index (χ2v) is 6.24. The zero-order valence-electron chi connectivity index (χ0n) is 14.4. The minimum Gasteiger partial charge on any atom is -0.353 e. The van der Waals surface area contributed by atoms with Crippen molar-refractivity contribution in [3.63, 3.8) is 0 Å². The van der Waals surface area contributed by atoms with Gasteiger partial charge in [-0.3, -0.25) is 4.79 Å². The average Bonchev–Trinajstić information content (AvgIpc) is 3.10. The predicted octanol–water partition coefficient (Wildman–Crippen LogP) is 2.00. The first-order valence-electron chi connectivity index (χ1n) is 8.41. The van der Waals surface area contributed by atoms with Gasteiger partial charge in [0.05, 0.1) is 0 Å². The molecule has 1 saturated heterocycles. The number of aryl methyl sites for hydroxylation is 1. The van der Waals surface area contributed by atoms with Gasteiger partial charge in [0.15, 0.2) is 0 Å². The molecule has 0 aromatic carbocycles. The van der Waals surface area contributed by atoms with Crippen LogP contribution in [0.4, 0.5) is 5.82 Å². The quantitative estimate of drug-likeness (QED) is 0.854. The molecule has 3 heterocycles. The van der Waals surface area contributed by atoms with E-state index in [0.717, 1.165) is 44.0 Å². The highest BCUT2D eigenvalue weighted by Crippen LogP contribution is 2.20. The Morgan fingerprint density at radius 3 is 2.54 bits per heavy atom. The minimum atomic E-state index is 0.0527. The third-order valence-corrected chi connectivity index (χ3v) is 4.19. The van der Waals surface area contributed by atoms with E-state index in [1.807, 2.05) is 37.8 Å². The zero-order valence-corrected chi connectivity index (χ0v) is 14.4. The summed E-state index contributed by atoms with van der Waals surface area (Å²) in [6.07, 6.45) is 2.49. The molecule has 0 saturated carbocycles. The fourth-order valence-corrected chi connectivity index (χ4v) is 2.74. The van der Waals surface area contributed by atoms with Crippen LogP contribution < -0.4 is 4.90 Å². The van der Waals surface area contributed by atoms with Gasteiger partial charge in [-0.15, -0.1) is 0 Å². The van der Waals surface area contributed by atoms with Gasteiger partial charge < -0.3 is 14.3 Å². The van der Waals surface area contributed by atoms with Crippen LogP contribution in [-0.2, 0) is 11.2 Å². The highest BCUT2D eigenvalue weighted by molar-refractivity contribution is 5.78. The van der Waals surface area contributed by atoms with Gasteiger partial charge in [-0.25, -0.2) is 4.98 Å². The molecule has 0 bridgehead atoms. The van der Waals surface area contributed by atoms with Crippen molar-refractivity contribution in [2.45, 2.75) is 27.2 Å². The van der Waals surface area contributed by atoms with E-state index in [9.17, 15) is 4.79 Å². The zero-order chi connectivity index (χ0) is 17.1. The smallest absolute Gasteiger partial charge is 0.226 e. The summed E-state index contributed by atoms with van der Waals surface area (Å²) in [6.45, 7) is 8.94. The van der Waals surface area contributed by atoms with Crippen molar-refractivity contribution >= 4 is 11.7 Å². The maximum Gasteiger partial charge on any atom is 0.226 e. The van der Waals surface area contributed by atoms with Crippen LogP contribution in [0.5, 0.6) is 0 Å². The fourth-order valence-electron chi connectivity index (χ4n) is 2.74. The summed E-state index contributed by atoms with van der Waals surface area (Å²) in [4.78, 5) is 25.0. The van der Waals surface area contributed by atoms with E-state index < -0.39 is 0 Å². The molecule has 0 N–H and O–H groups in total. The monoisotopic (exact) mass is 329 g/mol. The highest BCUT2D eigenvalue weighted by Gasteiger charge is 2.23. The van der Waals surface area contributed by atoms with Crippen LogP contribution in [0.2, 0.25) is 0 Å². The third kappa shape index (κ3) is 3.39. The molecule has 2 aromatic rings. The Bertz CT molecular complexity index is 687. The van der Waals surface area contributed by atoms with Crippen LogP contribution in [0, 0.1) is 5.92 Å². The number of pyridine rings is 1. The number of anilines is 1. The Hall–Kier alpha value is -2.44. The molecule has 1 aliphatic rings. The molecule has 2 aromatic heterocycles. The van der Waals surface area contributed by atoms with Crippen molar-refractivity contribution in [3.05, 3.63) is 24.2 Å². The van der Waals surface area contributed by atoms with Crippen LogP contribution in [-0.4, -0.2) is 52.1 Å². The maximum atomic E-state index is 12.0. The number of hydrogen-bond donors (Lipinski definition) is 0. The number of nitrogens with zero attached hydrogens (tertiary/aromatic N) is 5. The SMILES string of the molecule is CCc1nc(-c2ccc(N3CCN(C(=O)C(C)C)CC3)nc2)no1. The van der Waals surface area contributed by atoms with E-state index in [0.29, 0.717) is 11.7 Å². The van der Waals surface area contributed by atoms with E-state index in [1.165, 1.54) is 0 Å². The average molecular weight is 329 g/mol. The number of rotatable bonds is 4. The van der Waals surface area contributed by atoms with Gasteiger partial charge in [0.25, 0.3) is 0 Å². The van der Waals surface area contributed by atoms with E-state index in [2.05, 4.69) is 20.0 Å². The Kier molecular flexibility index (Phi) is 4.78. The predicted molar refractivity (Wildman–Crippen MR) is 90.5 cm³/mol. The van der Waals surface area contributed by atoms with Gasteiger partial charge in [0, 0.05) is 50.3 Å². The van der Waals surface area contributed by atoms with Gasteiger partial charge in [0.1, 0.15) is 5.82 Å². The molecular formula is C17H23N5O2. The second-order valence-electron chi connectivity index (χ2n) is 6.24. The maximum absolute atomic E-state index is 12.0. The van der Waals surface area contributed by atoms with E-state index in [4.69, 9.17) is 4.52 Å². The summed E-state index contributed by atoms with van der Waals surface area (Å²) < 4.78 is 5.13. The summed E-state index contributed by atoms with van der Waals surface area (Å²) in [5.74, 6) is 2.38. The lowest BCUT2D eigenvalue weighted by molar-refractivity contribution is -0.134. The number of aromatic nitrogens is 3. The van der Waals surface area contributed by atoms with Crippen molar-refractivity contribution in [1.29, 1.82) is 0 Å². The third-order valence-electron chi connectivity index (χ3n) is 4.19. The number of carbonyl (C=O) groups is 1. The van der Waals surface area contributed by atoms with E-state index >= 15 is 0 Å². The molecular weight excluding hydrogens is 306 g/mol. The Labute approximate surface area is 141 Å².